The molecule has 0 spiro atoms. The van der Waals surface area contributed by atoms with Crippen molar-refractivity contribution in [2.45, 2.75) is 32.8 Å². The first-order valence-corrected chi connectivity index (χ1v) is 9.20. The molecule has 0 radical (unpaired) electrons. The van der Waals surface area contributed by atoms with Crippen LogP contribution in [0, 0.1) is 0 Å². The topological polar surface area (TPSA) is 108 Å². The minimum absolute atomic E-state index is 0.0288. The van der Waals surface area contributed by atoms with Crippen molar-refractivity contribution in [1.82, 2.24) is 0 Å². The number of ether oxygens (including phenoxy) is 2. The lowest BCUT2D eigenvalue weighted by Crippen LogP contribution is -2.37. The SMILES string of the molecule is CCCC(=O)OC[C@@H](COP(=O)(O)OCC[N+](C)(C)C)OC(C)=O. The van der Waals surface area contributed by atoms with Crippen LogP contribution in [0.4, 0.5) is 0 Å². The molecule has 10 heteroatoms. The van der Waals surface area contributed by atoms with Gasteiger partial charge in [0.2, 0.25) is 0 Å². The predicted octanol–water partition coefficient (Wildman–Crippen LogP) is 1.10. The zero-order valence-electron chi connectivity index (χ0n) is 15.0. The Labute approximate surface area is 143 Å². The normalized spacial score (nSPS) is 15.4. The van der Waals surface area contributed by atoms with Gasteiger partial charge in [0, 0.05) is 13.3 Å². The van der Waals surface area contributed by atoms with E-state index in [0.29, 0.717) is 17.4 Å². The Morgan fingerprint density at radius 3 is 2.29 bits per heavy atom. The number of carbonyl (C=O) groups is 2. The van der Waals surface area contributed by atoms with Crippen LogP contribution in [0.15, 0.2) is 0 Å². The number of phosphoric acid groups is 1. The summed E-state index contributed by atoms with van der Waals surface area (Å²) in [6.07, 6.45) is -0.120. The fourth-order valence-electron chi connectivity index (χ4n) is 1.46. The molecule has 0 aromatic heterocycles. The molecule has 0 aromatic carbocycles. The van der Waals surface area contributed by atoms with Gasteiger partial charge in [0.15, 0.2) is 6.10 Å². The van der Waals surface area contributed by atoms with E-state index in [1.54, 1.807) is 0 Å². The fourth-order valence-corrected chi connectivity index (χ4v) is 2.20. The van der Waals surface area contributed by atoms with Crippen molar-refractivity contribution in [2.24, 2.45) is 0 Å². The minimum Gasteiger partial charge on any atom is -0.462 e. The van der Waals surface area contributed by atoms with E-state index in [4.69, 9.17) is 18.5 Å². The van der Waals surface area contributed by atoms with Gasteiger partial charge in [-0.05, 0) is 6.42 Å². The van der Waals surface area contributed by atoms with E-state index in [1.165, 1.54) is 6.92 Å². The lowest BCUT2D eigenvalue weighted by atomic mass is 10.3. The molecular weight excluding hydrogens is 341 g/mol. The van der Waals surface area contributed by atoms with Crippen molar-refractivity contribution in [3.8, 4) is 0 Å². The highest BCUT2D eigenvalue weighted by atomic mass is 31.2. The van der Waals surface area contributed by atoms with E-state index < -0.39 is 32.5 Å². The van der Waals surface area contributed by atoms with Crippen molar-refractivity contribution >= 4 is 19.8 Å². The van der Waals surface area contributed by atoms with Gasteiger partial charge in [-0.3, -0.25) is 18.6 Å². The second-order valence-electron chi connectivity index (χ2n) is 6.28. The van der Waals surface area contributed by atoms with Gasteiger partial charge < -0.3 is 18.9 Å². The third-order valence-electron chi connectivity index (χ3n) is 2.66. The molecule has 142 valence electrons. The monoisotopic (exact) mass is 370 g/mol. The number of rotatable bonds is 12. The molecule has 1 unspecified atom stereocenters. The molecule has 0 aliphatic heterocycles. The predicted molar refractivity (Wildman–Crippen MR) is 86.0 cm³/mol. The summed E-state index contributed by atoms with van der Waals surface area (Å²) in [5.41, 5.74) is 0. The van der Waals surface area contributed by atoms with E-state index in [0.717, 1.165) is 0 Å². The van der Waals surface area contributed by atoms with Crippen LogP contribution in [0.3, 0.4) is 0 Å². The summed E-state index contributed by atoms with van der Waals surface area (Å²) >= 11 is 0. The van der Waals surface area contributed by atoms with Crippen LogP contribution in [0.5, 0.6) is 0 Å². The molecule has 0 aliphatic carbocycles. The first-order valence-electron chi connectivity index (χ1n) is 7.70. The van der Waals surface area contributed by atoms with E-state index in [-0.39, 0.29) is 19.6 Å². The average molecular weight is 370 g/mol. The third-order valence-corrected chi connectivity index (χ3v) is 3.64. The van der Waals surface area contributed by atoms with Crippen LogP contribution in [0.1, 0.15) is 26.7 Å². The molecule has 2 atom stereocenters. The highest BCUT2D eigenvalue weighted by Gasteiger charge is 2.26. The summed E-state index contributed by atoms with van der Waals surface area (Å²) < 4.78 is 31.8. The van der Waals surface area contributed by atoms with Gasteiger partial charge >= 0.3 is 19.8 Å². The molecule has 0 aromatic rings. The van der Waals surface area contributed by atoms with Crippen molar-refractivity contribution in [3.63, 3.8) is 0 Å². The van der Waals surface area contributed by atoms with Gasteiger partial charge in [-0.1, -0.05) is 6.92 Å². The number of quaternary nitrogens is 1. The second kappa shape index (κ2) is 10.8. The van der Waals surface area contributed by atoms with Gasteiger partial charge in [0.05, 0.1) is 27.7 Å². The molecular formula is C14H29NO8P+. The van der Waals surface area contributed by atoms with Crippen LogP contribution in [-0.2, 0) is 32.7 Å². The van der Waals surface area contributed by atoms with Crippen molar-refractivity contribution in [1.29, 1.82) is 0 Å². The summed E-state index contributed by atoms with van der Waals surface area (Å²) in [6, 6.07) is 0. The third kappa shape index (κ3) is 13.4. The molecule has 1 N–H and O–H groups in total. The van der Waals surface area contributed by atoms with Gasteiger partial charge in [-0.25, -0.2) is 4.57 Å². The molecule has 24 heavy (non-hydrogen) atoms. The Balaban J connectivity index is 4.38. The van der Waals surface area contributed by atoms with Crippen LogP contribution >= 0.6 is 7.82 Å². The zero-order valence-corrected chi connectivity index (χ0v) is 15.9. The average Bonchev–Trinajstić information content (AvgIpc) is 2.40. The quantitative estimate of drug-likeness (QED) is 0.309. The zero-order chi connectivity index (χ0) is 18.8. The second-order valence-corrected chi connectivity index (χ2v) is 7.73. The smallest absolute Gasteiger partial charge is 0.462 e. The summed E-state index contributed by atoms with van der Waals surface area (Å²) in [5.74, 6) is -1.06. The first kappa shape index (κ1) is 23.0. The summed E-state index contributed by atoms with van der Waals surface area (Å²) in [5, 5.41) is 0. The Hall–Kier alpha value is -0.990. The lowest BCUT2D eigenvalue weighted by molar-refractivity contribution is -0.870. The molecule has 0 saturated heterocycles. The van der Waals surface area contributed by atoms with Crippen molar-refractivity contribution in [2.75, 3.05) is 47.5 Å². The Morgan fingerprint density at radius 2 is 1.79 bits per heavy atom. The van der Waals surface area contributed by atoms with Crippen LogP contribution in [-0.4, -0.2) is 74.9 Å². The number of likely N-dealkylation sites (N-methyl/N-ethyl adjacent to an activating group) is 1. The largest absolute Gasteiger partial charge is 0.472 e. The van der Waals surface area contributed by atoms with Crippen molar-refractivity contribution in [3.05, 3.63) is 0 Å². The molecule has 0 fully saturated rings. The van der Waals surface area contributed by atoms with E-state index in [1.807, 2.05) is 28.1 Å². The fraction of sp³-hybridized carbons (Fsp3) is 0.857. The highest BCUT2D eigenvalue weighted by Crippen LogP contribution is 2.43. The number of nitrogens with zero attached hydrogens (tertiary/aromatic N) is 1. The van der Waals surface area contributed by atoms with E-state index >= 15 is 0 Å². The van der Waals surface area contributed by atoms with Crippen LogP contribution in [0.25, 0.3) is 0 Å². The highest BCUT2D eigenvalue weighted by molar-refractivity contribution is 7.47. The Morgan fingerprint density at radius 1 is 1.17 bits per heavy atom. The first-order chi connectivity index (χ1) is 10.9. The Kier molecular flexibility index (Phi) is 10.3. The maximum atomic E-state index is 11.8. The minimum atomic E-state index is -4.28. The van der Waals surface area contributed by atoms with Gasteiger partial charge in [-0.2, -0.15) is 0 Å². The molecule has 0 heterocycles. The number of hydrogen-bond acceptors (Lipinski definition) is 7. The lowest BCUT2D eigenvalue weighted by Gasteiger charge is -2.24. The van der Waals surface area contributed by atoms with E-state index in [9.17, 15) is 19.0 Å². The molecule has 0 bridgehead atoms. The number of phosphoric ester groups is 1. The van der Waals surface area contributed by atoms with E-state index in [2.05, 4.69) is 0 Å². The van der Waals surface area contributed by atoms with Crippen molar-refractivity contribution < 1.29 is 42.1 Å². The molecule has 0 rings (SSSR count). The number of hydrogen-bond donors (Lipinski definition) is 1. The number of carbonyl (C=O) groups excluding carboxylic acids is 2. The summed E-state index contributed by atoms with van der Waals surface area (Å²) in [4.78, 5) is 32.0. The molecule has 0 aliphatic rings. The summed E-state index contributed by atoms with van der Waals surface area (Å²) in [7, 11) is 1.45. The number of esters is 2. The van der Waals surface area contributed by atoms with Gasteiger partial charge in [-0.15, -0.1) is 0 Å². The standard InChI is InChI=1S/C14H28NO8P/c1-6-7-14(17)20-10-13(23-12(2)16)11-22-24(18,19)21-9-8-15(3,4)5/h13H,6-11H2,1-5H3/p+1/t13-/m0/s1. The van der Waals surface area contributed by atoms with Crippen LogP contribution in [0.2, 0.25) is 0 Å². The van der Waals surface area contributed by atoms with Gasteiger partial charge in [0.1, 0.15) is 19.8 Å². The molecule has 9 nitrogen and oxygen atoms in total. The Bertz CT molecular complexity index is 449. The van der Waals surface area contributed by atoms with Crippen LogP contribution < -0.4 is 0 Å². The molecule has 0 amide bonds. The van der Waals surface area contributed by atoms with Gasteiger partial charge in [0.25, 0.3) is 0 Å². The summed E-state index contributed by atoms with van der Waals surface area (Å²) in [6.45, 7) is 2.87. The maximum absolute atomic E-state index is 11.8. The maximum Gasteiger partial charge on any atom is 0.472 e. The molecule has 0 saturated carbocycles.